The molecule has 0 aromatic heterocycles. The molecule has 1 spiro atoms. The third-order valence-electron chi connectivity index (χ3n) is 4.63. The molecule has 2 heterocycles. The van der Waals surface area contributed by atoms with E-state index in [0.29, 0.717) is 30.0 Å². The predicted octanol–water partition coefficient (Wildman–Crippen LogP) is 3.05. The first-order chi connectivity index (χ1) is 10.1. The highest BCUT2D eigenvalue weighted by molar-refractivity contribution is 6.31. The molecule has 1 amide bonds. The van der Waals surface area contributed by atoms with Crippen molar-refractivity contribution >= 4 is 17.5 Å². The molecular weight excluding hydrogens is 293 g/mol. The summed E-state index contributed by atoms with van der Waals surface area (Å²) in [5.41, 5.74) is 0.613. The van der Waals surface area contributed by atoms with Crippen molar-refractivity contribution < 1.29 is 13.9 Å². The van der Waals surface area contributed by atoms with Crippen LogP contribution in [0.25, 0.3) is 0 Å². The number of hydrogen-bond acceptors (Lipinski definition) is 2. The van der Waals surface area contributed by atoms with Crippen LogP contribution >= 0.6 is 11.6 Å². The van der Waals surface area contributed by atoms with Gasteiger partial charge in [-0.05, 0) is 31.4 Å². The van der Waals surface area contributed by atoms with Crippen LogP contribution in [0.5, 0.6) is 0 Å². The monoisotopic (exact) mass is 311 g/mol. The molecular formula is C16H19ClFNO2. The Morgan fingerprint density at radius 3 is 2.95 bits per heavy atom. The smallest absolute Gasteiger partial charge is 0.222 e. The number of likely N-dealkylation sites (tertiary alicyclic amines) is 1. The maximum absolute atomic E-state index is 13.8. The van der Waals surface area contributed by atoms with E-state index in [2.05, 4.69) is 0 Å². The van der Waals surface area contributed by atoms with E-state index in [4.69, 9.17) is 16.3 Å². The molecule has 3 rings (SSSR count). The average molecular weight is 312 g/mol. The molecule has 2 aliphatic heterocycles. The summed E-state index contributed by atoms with van der Waals surface area (Å²) in [5.74, 6) is -0.147. The van der Waals surface area contributed by atoms with Crippen molar-refractivity contribution in [3.8, 4) is 0 Å². The number of halogens is 2. The number of hydrogen-bond donors (Lipinski definition) is 0. The number of amides is 1. The number of ether oxygens (including phenoxy) is 1. The fourth-order valence-electron chi connectivity index (χ4n) is 3.30. The van der Waals surface area contributed by atoms with E-state index in [1.807, 2.05) is 4.90 Å². The van der Waals surface area contributed by atoms with E-state index in [0.717, 1.165) is 32.6 Å². The first kappa shape index (κ1) is 14.8. The molecule has 5 heteroatoms. The van der Waals surface area contributed by atoms with Crippen molar-refractivity contribution in [3.05, 3.63) is 34.6 Å². The van der Waals surface area contributed by atoms with E-state index >= 15 is 0 Å². The molecule has 2 saturated heterocycles. The minimum atomic E-state index is -0.300. The van der Waals surface area contributed by atoms with Crippen LogP contribution in [0.1, 0.15) is 24.8 Å². The highest BCUT2D eigenvalue weighted by Crippen LogP contribution is 2.38. The van der Waals surface area contributed by atoms with Crippen molar-refractivity contribution in [1.82, 2.24) is 4.90 Å². The van der Waals surface area contributed by atoms with Crippen LogP contribution in [-0.2, 0) is 16.0 Å². The number of rotatable bonds is 3. The molecule has 2 fully saturated rings. The maximum atomic E-state index is 13.8. The number of carbonyl (C=O) groups is 1. The lowest BCUT2D eigenvalue weighted by Crippen LogP contribution is -2.47. The maximum Gasteiger partial charge on any atom is 0.222 e. The van der Waals surface area contributed by atoms with Gasteiger partial charge in [0, 0.05) is 42.1 Å². The zero-order valence-corrected chi connectivity index (χ0v) is 12.7. The van der Waals surface area contributed by atoms with Crippen molar-refractivity contribution in [3.63, 3.8) is 0 Å². The predicted molar refractivity (Wildman–Crippen MR) is 78.8 cm³/mol. The second-order valence-corrected chi connectivity index (χ2v) is 6.48. The van der Waals surface area contributed by atoms with Crippen LogP contribution in [0.3, 0.4) is 0 Å². The number of piperidine rings is 1. The summed E-state index contributed by atoms with van der Waals surface area (Å²) >= 11 is 6.04. The third kappa shape index (κ3) is 3.06. The van der Waals surface area contributed by atoms with Gasteiger partial charge in [0.1, 0.15) is 5.82 Å². The van der Waals surface area contributed by atoms with Gasteiger partial charge in [-0.25, -0.2) is 4.39 Å². The molecule has 1 aromatic carbocycles. The van der Waals surface area contributed by atoms with Crippen LogP contribution in [-0.4, -0.2) is 37.1 Å². The summed E-state index contributed by atoms with van der Waals surface area (Å²) in [7, 11) is 0. The highest BCUT2D eigenvalue weighted by atomic mass is 35.5. The van der Waals surface area contributed by atoms with Gasteiger partial charge in [-0.3, -0.25) is 4.79 Å². The van der Waals surface area contributed by atoms with Crippen molar-refractivity contribution in [2.45, 2.75) is 25.7 Å². The Morgan fingerprint density at radius 1 is 1.38 bits per heavy atom. The Hall–Kier alpha value is -1.13. The minimum absolute atomic E-state index is 0.118. The Labute approximate surface area is 129 Å². The third-order valence-corrected chi connectivity index (χ3v) is 4.98. The number of benzene rings is 1. The van der Waals surface area contributed by atoms with E-state index < -0.39 is 0 Å². The summed E-state index contributed by atoms with van der Waals surface area (Å²) < 4.78 is 19.3. The zero-order chi connectivity index (χ0) is 14.9. The lowest BCUT2D eigenvalue weighted by atomic mass is 9.79. The van der Waals surface area contributed by atoms with E-state index in [1.165, 1.54) is 6.07 Å². The average Bonchev–Trinajstić information content (AvgIpc) is 2.91. The normalized spacial score (nSPS) is 25.8. The summed E-state index contributed by atoms with van der Waals surface area (Å²) in [6.45, 7) is 2.75. The van der Waals surface area contributed by atoms with E-state index in [-0.39, 0.29) is 17.1 Å². The molecule has 1 atom stereocenters. The lowest BCUT2D eigenvalue weighted by molar-refractivity contribution is -0.137. The molecule has 0 N–H and O–H groups in total. The second-order valence-electron chi connectivity index (χ2n) is 6.07. The molecule has 0 aliphatic carbocycles. The van der Waals surface area contributed by atoms with E-state index in [9.17, 15) is 9.18 Å². The Kier molecular flexibility index (Phi) is 4.18. The second kappa shape index (κ2) is 5.93. The van der Waals surface area contributed by atoms with Gasteiger partial charge in [-0.1, -0.05) is 17.7 Å². The Balaban J connectivity index is 1.67. The van der Waals surface area contributed by atoms with Gasteiger partial charge in [-0.15, -0.1) is 0 Å². The summed E-state index contributed by atoms with van der Waals surface area (Å²) in [4.78, 5) is 13.9. The summed E-state index contributed by atoms with van der Waals surface area (Å²) in [6.07, 6.45) is 2.93. The summed E-state index contributed by atoms with van der Waals surface area (Å²) in [6, 6.07) is 4.69. The van der Waals surface area contributed by atoms with Crippen LogP contribution in [0, 0.1) is 11.2 Å². The molecule has 21 heavy (non-hydrogen) atoms. The molecule has 1 unspecified atom stereocenters. The molecule has 2 aliphatic rings. The minimum Gasteiger partial charge on any atom is -0.381 e. The van der Waals surface area contributed by atoms with Gasteiger partial charge in [0.25, 0.3) is 0 Å². The molecule has 1 aromatic rings. The van der Waals surface area contributed by atoms with Crippen molar-refractivity contribution in [1.29, 1.82) is 0 Å². The molecule has 0 radical (unpaired) electrons. The van der Waals surface area contributed by atoms with E-state index in [1.54, 1.807) is 12.1 Å². The van der Waals surface area contributed by atoms with Crippen LogP contribution in [0.2, 0.25) is 5.02 Å². The van der Waals surface area contributed by atoms with Crippen LogP contribution < -0.4 is 0 Å². The first-order valence-electron chi connectivity index (χ1n) is 7.38. The van der Waals surface area contributed by atoms with Crippen LogP contribution in [0.4, 0.5) is 4.39 Å². The quantitative estimate of drug-likeness (QED) is 0.858. The Bertz CT molecular complexity index is 523. The van der Waals surface area contributed by atoms with Gasteiger partial charge in [0.2, 0.25) is 5.91 Å². The van der Waals surface area contributed by atoms with Gasteiger partial charge < -0.3 is 9.64 Å². The molecule has 114 valence electrons. The number of carbonyl (C=O) groups excluding carboxylic acids is 1. The molecule has 0 bridgehead atoms. The fraction of sp³-hybridized carbons (Fsp3) is 0.562. The fourth-order valence-corrected chi connectivity index (χ4v) is 3.55. The lowest BCUT2D eigenvalue weighted by Gasteiger charge is -2.39. The molecule has 0 saturated carbocycles. The highest BCUT2D eigenvalue weighted by Gasteiger charge is 2.41. The standard InChI is InChI=1S/C16H19ClFNO2/c17-13-2-1-3-14(18)12(13)5-8-19-10-16(6-4-15(19)20)7-9-21-11-16/h1-3H,4-11H2. The first-order valence-corrected chi connectivity index (χ1v) is 7.76. The van der Waals surface area contributed by atoms with Gasteiger partial charge >= 0.3 is 0 Å². The van der Waals surface area contributed by atoms with Crippen molar-refractivity contribution in [2.24, 2.45) is 5.41 Å². The van der Waals surface area contributed by atoms with Gasteiger partial charge in [0.15, 0.2) is 0 Å². The van der Waals surface area contributed by atoms with Crippen LogP contribution in [0.15, 0.2) is 18.2 Å². The zero-order valence-electron chi connectivity index (χ0n) is 11.9. The van der Waals surface area contributed by atoms with Crippen molar-refractivity contribution in [2.75, 3.05) is 26.3 Å². The largest absolute Gasteiger partial charge is 0.381 e. The Morgan fingerprint density at radius 2 is 2.24 bits per heavy atom. The van der Waals surface area contributed by atoms with Gasteiger partial charge in [0.05, 0.1) is 6.61 Å². The topological polar surface area (TPSA) is 29.5 Å². The molecule has 3 nitrogen and oxygen atoms in total. The SMILES string of the molecule is O=C1CCC2(CCOC2)CN1CCc1c(F)cccc1Cl. The summed E-state index contributed by atoms with van der Waals surface area (Å²) in [5, 5.41) is 0.429. The van der Waals surface area contributed by atoms with Gasteiger partial charge in [-0.2, -0.15) is 0 Å². The number of nitrogens with zero attached hydrogens (tertiary/aromatic N) is 1.